The fraction of sp³-hybridized carbons (Fsp3) is 0.385. The van der Waals surface area contributed by atoms with E-state index in [2.05, 4.69) is 20.7 Å². The molecule has 19 heavy (non-hydrogen) atoms. The highest BCUT2D eigenvalue weighted by atomic mass is 32.2. The maximum absolute atomic E-state index is 11.3. The maximum Gasteiger partial charge on any atom is 0.117 e. The molecule has 2 N–H and O–H groups in total. The van der Waals surface area contributed by atoms with Gasteiger partial charge in [0, 0.05) is 41.0 Å². The van der Waals surface area contributed by atoms with Gasteiger partial charge in [0.25, 0.3) is 0 Å². The first-order valence-corrected chi connectivity index (χ1v) is 7.80. The molecule has 0 aliphatic carbocycles. The number of H-pyrrole nitrogens is 1. The molecular weight excluding hydrogens is 260 g/mol. The molecule has 0 saturated carbocycles. The van der Waals surface area contributed by atoms with Crippen molar-refractivity contribution in [3.63, 3.8) is 0 Å². The Labute approximate surface area is 115 Å². The summed E-state index contributed by atoms with van der Waals surface area (Å²) in [6.45, 7) is 3.28. The van der Waals surface area contributed by atoms with Crippen LogP contribution in [0.25, 0.3) is 11.3 Å². The van der Waals surface area contributed by atoms with Crippen molar-refractivity contribution in [3.8, 4) is 11.3 Å². The second-order valence-electron chi connectivity index (χ2n) is 4.09. The van der Waals surface area contributed by atoms with Gasteiger partial charge >= 0.3 is 0 Å². The summed E-state index contributed by atoms with van der Waals surface area (Å²) < 4.78 is 11.3. The van der Waals surface area contributed by atoms with Crippen LogP contribution in [0, 0.1) is 0 Å². The molecule has 5 nitrogen and oxygen atoms in total. The van der Waals surface area contributed by atoms with Gasteiger partial charge in [-0.1, -0.05) is 37.3 Å². The highest BCUT2D eigenvalue weighted by Crippen LogP contribution is 2.18. The minimum atomic E-state index is -0.723. The molecule has 0 amide bonds. The van der Waals surface area contributed by atoms with E-state index in [-0.39, 0.29) is 0 Å². The van der Waals surface area contributed by atoms with Crippen LogP contribution >= 0.6 is 0 Å². The van der Waals surface area contributed by atoms with Crippen molar-refractivity contribution in [1.29, 1.82) is 0 Å². The van der Waals surface area contributed by atoms with Crippen molar-refractivity contribution < 1.29 is 4.21 Å². The summed E-state index contributed by atoms with van der Waals surface area (Å²) in [7, 11) is -0.723. The maximum atomic E-state index is 11.3. The largest absolute Gasteiger partial charge is 0.310 e. The predicted octanol–water partition coefficient (Wildman–Crippen LogP) is 1.33. The van der Waals surface area contributed by atoms with Gasteiger partial charge in [0.05, 0.1) is 0 Å². The van der Waals surface area contributed by atoms with Crippen LogP contribution in [0.5, 0.6) is 0 Å². The molecule has 0 aliphatic rings. The summed E-state index contributed by atoms with van der Waals surface area (Å²) in [5.41, 5.74) is 2.79. The minimum absolute atomic E-state index is 0.627. The Bertz CT molecular complexity index is 526. The van der Waals surface area contributed by atoms with Crippen molar-refractivity contribution in [1.82, 2.24) is 20.7 Å². The predicted molar refractivity (Wildman–Crippen MR) is 77.1 cm³/mol. The van der Waals surface area contributed by atoms with Crippen molar-refractivity contribution in [2.45, 2.75) is 13.5 Å². The third-order valence-electron chi connectivity index (χ3n) is 2.79. The number of hydrogen-bond acceptors (Lipinski definition) is 4. The van der Waals surface area contributed by atoms with Crippen molar-refractivity contribution >= 4 is 10.8 Å². The molecule has 0 fully saturated rings. The molecule has 6 heteroatoms. The first kappa shape index (κ1) is 13.9. The van der Waals surface area contributed by atoms with E-state index in [0.717, 1.165) is 23.5 Å². The summed E-state index contributed by atoms with van der Waals surface area (Å²) >= 11 is 0. The van der Waals surface area contributed by atoms with E-state index in [1.807, 2.05) is 37.3 Å². The van der Waals surface area contributed by atoms with Crippen LogP contribution in [0.4, 0.5) is 0 Å². The van der Waals surface area contributed by atoms with E-state index in [9.17, 15) is 4.21 Å². The van der Waals surface area contributed by atoms with Gasteiger partial charge in [-0.3, -0.25) is 4.21 Å². The lowest BCUT2D eigenvalue weighted by Gasteiger charge is -2.03. The van der Waals surface area contributed by atoms with E-state index >= 15 is 0 Å². The Morgan fingerprint density at radius 3 is 2.79 bits per heavy atom. The molecule has 0 bridgehead atoms. The van der Waals surface area contributed by atoms with Gasteiger partial charge in [0.2, 0.25) is 0 Å². The normalized spacial score (nSPS) is 12.5. The van der Waals surface area contributed by atoms with Gasteiger partial charge in [-0.05, 0) is 0 Å². The molecule has 1 atom stereocenters. The molecule has 1 unspecified atom stereocenters. The molecule has 0 radical (unpaired) electrons. The van der Waals surface area contributed by atoms with Crippen molar-refractivity contribution in [2.75, 3.05) is 18.1 Å². The van der Waals surface area contributed by atoms with Crippen LogP contribution in [0.1, 0.15) is 12.6 Å². The van der Waals surface area contributed by atoms with E-state index < -0.39 is 10.8 Å². The zero-order valence-electron chi connectivity index (χ0n) is 10.9. The average molecular weight is 278 g/mol. The van der Waals surface area contributed by atoms with E-state index in [4.69, 9.17) is 0 Å². The van der Waals surface area contributed by atoms with E-state index in [1.165, 1.54) is 0 Å². The standard InChI is InChI=1S/C13H18N4OS/c1-2-19(18)9-8-14-10-12-13(16-17-15-12)11-6-4-3-5-7-11/h3-7,14H,2,8-10H2,1H3,(H,15,16,17). The number of aromatic amines is 1. The minimum Gasteiger partial charge on any atom is -0.310 e. The lowest BCUT2D eigenvalue weighted by molar-refractivity contribution is 0.671. The molecule has 2 aromatic rings. The highest BCUT2D eigenvalue weighted by Gasteiger charge is 2.09. The number of hydrogen-bond donors (Lipinski definition) is 2. The fourth-order valence-electron chi connectivity index (χ4n) is 1.74. The van der Waals surface area contributed by atoms with E-state index in [0.29, 0.717) is 18.1 Å². The van der Waals surface area contributed by atoms with Crippen LogP contribution in [-0.2, 0) is 17.3 Å². The second-order valence-corrected chi connectivity index (χ2v) is 5.96. The lowest BCUT2D eigenvalue weighted by atomic mass is 10.1. The molecule has 1 aromatic carbocycles. The molecule has 2 rings (SSSR count). The summed E-state index contributed by atoms with van der Waals surface area (Å²) in [5.74, 6) is 1.38. The van der Waals surface area contributed by atoms with Gasteiger partial charge in [0.15, 0.2) is 0 Å². The van der Waals surface area contributed by atoms with Gasteiger partial charge in [-0.2, -0.15) is 15.4 Å². The lowest BCUT2D eigenvalue weighted by Crippen LogP contribution is -2.21. The number of nitrogens with zero attached hydrogens (tertiary/aromatic N) is 2. The molecule has 0 spiro atoms. The molecule has 1 heterocycles. The van der Waals surface area contributed by atoms with E-state index in [1.54, 1.807) is 0 Å². The summed E-state index contributed by atoms with van der Waals surface area (Å²) in [6.07, 6.45) is 0. The monoisotopic (exact) mass is 278 g/mol. The van der Waals surface area contributed by atoms with Crippen molar-refractivity contribution in [2.24, 2.45) is 0 Å². The van der Waals surface area contributed by atoms with Crippen LogP contribution < -0.4 is 5.32 Å². The van der Waals surface area contributed by atoms with Gasteiger partial charge < -0.3 is 5.32 Å². The van der Waals surface area contributed by atoms with Crippen LogP contribution in [0.2, 0.25) is 0 Å². The zero-order chi connectivity index (χ0) is 13.5. The molecular formula is C13H18N4OS. The third kappa shape index (κ3) is 3.97. The Morgan fingerprint density at radius 2 is 2.05 bits per heavy atom. The highest BCUT2D eigenvalue weighted by molar-refractivity contribution is 7.84. The quantitative estimate of drug-likeness (QED) is 0.750. The fourth-order valence-corrected chi connectivity index (χ4v) is 2.40. The molecule has 1 aromatic heterocycles. The second kappa shape index (κ2) is 7.16. The van der Waals surface area contributed by atoms with Crippen molar-refractivity contribution in [3.05, 3.63) is 36.0 Å². The number of aromatic nitrogens is 3. The average Bonchev–Trinajstić information content (AvgIpc) is 2.92. The number of rotatable bonds is 7. The Balaban J connectivity index is 1.92. The summed E-state index contributed by atoms with van der Waals surface area (Å²) in [5, 5.41) is 14.2. The Kier molecular flexibility index (Phi) is 5.23. The van der Waals surface area contributed by atoms with Gasteiger partial charge in [-0.25, -0.2) is 0 Å². The number of nitrogens with one attached hydrogen (secondary N) is 2. The summed E-state index contributed by atoms with van der Waals surface area (Å²) in [4.78, 5) is 0. The molecule has 0 saturated heterocycles. The van der Waals surface area contributed by atoms with Gasteiger partial charge in [0.1, 0.15) is 11.4 Å². The third-order valence-corrected chi connectivity index (χ3v) is 4.09. The molecule has 0 aliphatic heterocycles. The van der Waals surface area contributed by atoms with Crippen LogP contribution in [0.15, 0.2) is 30.3 Å². The van der Waals surface area contributed by atoms with Crippen LogP contribution in [-0.4, -0.2) is 37.7 Å². The Hall–Kier alpha value is -1.53. The first-order valence-electron chi connectivity index (χ1n) is 6.32. The smallest absolute Gasteiger partial charge is 0.117 e. The van der Waals surface area contributed by atoms with Crippen LogP contribution in [0.3, 0.4) is 0 Å². The molecule has 102 valence electrons. The summed E-state index contributed by atoms with van der Waals surface area (Å²) in [6, 6.07) is 9.94. The Morgan fingerprint density at radius 1 is 1.26 bits per heavy atom. The van der Waals surface area contributed by atoms with Gasteiger partial charge in [-0.15, -0.1) is 0 Å². The zero-order valence-corrected chi connectivity index (χ0v) is 11.7. The SMILES string of the molecule is CCS(=O)CCNCc1n[nH]nc1-c1ccccc1. The first-order chi connectivity index (χ1) is 9.31. The number of benzene rings is 1. The topological polar surface area (TPSA) is 70.7 Å².